The summed E-state index contributed by atoms with van der Waals surface area (Å²) >= 11 is 0. The summed E-state index contributed by atoms with van der Waals surface area (Å²) in [7, 11) is 1.43. The Balaban J connectivity index is 1.77. The van der Waals surface area contributed by atoms with Crippen molar-refractivity contribution in [3.63, 3.8) is 0 Å². The third kappa shape index (κ3) is 4.13. The molecule has 0 saturated carbocycles. The van der Waals surface area contributed by atoms with Gasteiger partial charge in [0.25, 0.3) is 11.5 Å². The number of amides is 1. The highest BCUT2D eigenvalue weighted by molar-refractivity contribution is 5.99. The number of halogens is 3. The molecule has 0 radical (unpaired) electrons. The molecular weight excluding hydrogens is 375 g/mol. The SMILES string of the molecule is Cn1nc(C(=O)N2CCCC(C(=O)c3cccc(C(F)(F)F)c3)C2)ccc1=O. The van der Waals surface area contributed by atoms with Crippen LogP contribution in [0.4, 0.5) is 13.2 Å². The predicted octanol–water partition coefficient (Wildman–Crippen LogP) is 2.53. The molecule has 2 aromatic rings. The number of aryl methyl sites for hydroxylation is 1. The molecule has 0 N–H and O–H groups in total. The van der Waals surface area contributed by atoms with Crippen molar-refractivity contribution in [2.24, 2.45) is 13.0 Å². The Morgan fingerprint density at radius 2 is 1.93 bits per heavy atom. The van der Waals surface area contributed by atoms with Crippen molar-refractivity contribution in [1.29, 1.82) is 0 Å². The molecule has 1 aromatic heterocycles. The van der Waals surface area contributed by atoms with E-state index in [-0.39, 0.29) is 23.4 Å². The molecule has 1 unspecified atom stereocenters. The molecule has 1 aliphatic rings. The van der Waals surface area contributed by atoms with Gasteiger partial charge in [-0.1, -0.05) is 12.1 Å². The first-order valence-corrected chi connectivity index (χ1v) is 8.72. The summed E-state index contributed by atoms with van der Waals surface area (Å²) in [6, 6.07) is 6.87. The molecular formula is C19H18F3N3O3. The molecule has 1 saturated heterocycles. The maximum absolute atomic E-state index is 12.9. The zero-order valence-electron chi connectivity index (χ0n) is 15.1. The minimum atomic E-state index is -4.53. The second kappa shape index (κ2) is 7.57. The van der Waals surface area contributed by atoms with Gasteiger partial charge in [-0.2, -0.15) is 18.3 Å². The number of rotatable bonds is 3. The summed E-state index contributed by atoms with van der Waals surface area (Å²) in [4.78, 5) is 38.2. The number of hydrogen-bond acceptors (Lipinski definition) is 4. The largest absolute Gasteiger partial charge is 0.416 e. The molecule has 1 atom stereocenters. The Morgan fingerprint density at radius 1 is 1.18 bits per heavy atom. The van der Waals surface area contributed by atoms with E-state index in [9.17, 15) is 27.6 Å². The van der Waals surface area contributed by atoms with Crippen LogP contribution in [0.25, 0.3) is 0 Å². The van der Waals surface area contributed by atoms with Crippen molar-refractivity contribution < 1.29 is 22.8 Å². The maximum Gasteiger partial charge on any atom is 0.416 e. The highest BCUT2D eigenvalue weighted by Gasteiger charge is 2.33. The van der Waals surface area contributed by atoms with Crippen LogP contribution in [-0.2, 0) is 13.2 Å². The Labute approximate surface area is 158 Å². The van der Waals surface area contributed by atoms with Gasteiger partial charge in [-0.25, -0.2) is 4.68 Å². The number of Topliss-reactive ketones (excluding diaryl/α,β-unsaturated/α-hetero) is 1. The van der Waals surface area contributed by atoms with Crippen molar-refractivity contribution in [1.82, 2.24) is 14.7 Å². The van der Waals surface area contributed by atoms with E-state index in [4.69, 9.17) is 0 Å². The first kappa shape index (κ1) is 19.8. The van der Waals surface area contributed by atoms with Gasteiger partial charge in [-0.05, 0) is 31.0 Å². The van der Waals surface area contributed by atoms with E-state index in [0.717, 1.165) is 16.8 Å². The second-order valence-corrected chi connectivity index (χ2v) is 6.71. The summed E-state index contributed by atoms with van der Waals surface area (Å²) in [5, 5.41) is 3.92. The number of nitrogens with zero attached hydrogens (tertiary/aromatic N) is 3. The van der Waals surface area contributed by atoms with E-state index in [1.165, 1.54) is 36.2 Å². The Bertz CT molecular complexity index is 969. The number of alkyl halides is 3. The van der Waals surface area contributed by atoms with Crippen molar-refractivity contribution in [3.05, 3.63) is 63.6 Å². The summed E-state index contributed by atoms with van der Waals surface area (Å²) in [5.74, 6) is -1.43. The van der Waals surface area contributed by atoms with Crippen LogP contribution in [-0.4, -0.2) is 39.5 Å². The molecule has 0 aliphatic carbocycles. The first-order valence-electron chi connectivity index (χ1n) is 8.72. The van der Waals surface area contributed by atoms with Crippen molar-refractivity contribution >= 4 is 11.7 Å². The smallest absolute Gasteiger partial charge is 0.337 e. The number of ketones is 1. The first-order chi connectivity index (χ1) is 13.2. The van der Waals surface area contributed by atoms with Gasteiger partial charge in [0.05, 0.1) is 5.56 Å². The van der Waals surface area contributed by atoms with Crippen LogP contribution < -0.4 is 5.56 Å². The number of hydrogen-bond donors (Lipinski definition) is 0. The van der Waals surface area contributed by atoms with Crippen LogP contribution in [0, 0.1) is 5.92 Å². The molecule has 0 bridgehead atoms. The van der Waals surface area contributed by atoms with E-state index in [0.29, 0.717) is 19.4 Å². The zero-order valence-corrected chi connectivity index (χ0v) is 15.1. The minimum absolute atomic E-state index is 0.0191. The van der Waals surface area contributed by atoms with Gasteiger partial charge in [0.2, 0.25) is 0 Å². The fraction of sp³-hybridized carbons (Fsp3) is 0.368. The van der Waals surface area contributed by atoms with E-state index < -0.39 is 29.3 Å². The third-order valence-corrected chi connectivity index (χ3v) is 4.73. The minimum Gasteiger partial charge on any atom is -0.337 e. The monoisotopic (exact) mass is 393 g/mol. The summed E-state index contributed by atoms with van der Waals surface area (Å²) < 4.78 is 39.7. The number of piperidine rings is 1. The number of aromatic nitrogens is 2. The molecule has 0 spiro atoms. The quantitative estimate of drug-likeness (QED) is 0.752. The topological polar surface area (TPSA) is 72.3 Å². The Hall–Kier alpha value is -2.97. The number of carbonyl (C=O) groups excluding carboxylic acids is 2. The van der Waals surface area contributed by atoms with Crippen LogP contribution in [0.5, 0.6) is 0 Å². The molecule has 3 rings (SSSR count). The molecule has 9 heteroatoms. The fourth-order valence-electron chi connectivity index (χ4n) is 3.24. The number of carbonyl (C=O) groups is 2. The standard InChI is InChI=1S/C19H18F3N3O3/c1-24-16(26)8-7-15(23-24)18(28)25-9-3-5-13(11-25)17(27)12-4-2-6-14(10-12)19(20,21)22/h2,4,6-8,10,13H,3,5,9,11H2,1H3. The number of benzene rings is 1. The van der Waals surface area contributed by atoms with Gasteiger partial charge in [-0.3, -0.25) is 14.4 Å². The van der Waals surface area contributed by atoms with Gasteiger partial charge < -0.3 is 4.90 Å². The third-order valence-electron chi connectivity index (χ3n) is 4.73. The average Bonchev–Trinajstić information content (AvgIpc) is 2.68. The Morgan fingerprint density at radius 3 is 2.61 bits per heavy atom. The van der Waals surface area contributed by atoms with Crippen LogP contribution in [0.2, 0.25) is 0 Å². The predicted molar refractivity (Wildman–Crippen MR) is 93.9 cm³/mol. The van der Waals surface area contributed by atoms with Crippen molar-refractivity contribution in [2.75, 3.05) is 13.1 Å². The molecule has 28 heavy (non-hydrogen) atoms. The molecule has 1 aromatic carbocycles. The summed E-state index contributed by atoms with van der Waals surface area (Å²) in [6.07, 6.45) is -3.49. The second-order valence-electron chi connectivity index (χ2n) is 6.71. The maximum atomic E-state index is 12.9. The summed E-state index contributed by atoms with van der Waals surface area (Å²) in [6.45, 7) is 0.508. The number of likely N-dealkylation sites (tertiary alicyclic amines) is 1. The summed E-state index contributed by atoms with van der Waals surface area (Å²) in [5.41, 5.74) is -1.17. The molecule has 1 amide bonds. The molecule has 1 aliphatic heterocycles. The van der Waals surface area contributed by atoms with Crippen LogP contribution in [0.1, 0.15) is 39.3 Å². The fourth-order valence-corrected chi connectivity index (χ4v) is 3.24. The highest BCUT2D eigenvalue weighted by atomic mass is 19.4. The van der Waals surface area contributed by atoms with Gasteiger partial charge in [-0.15, -0.1) is 0 Å². The van der Waals surface area contributed by atoms with Crippen LogP contribution in [0.15, 0.2) is 41.2 Å². The average molecular weight is 393 g/mol. The lowest BCUT2D eigenvalue weighted by molar-refractivity contribution is -0.137. The lowest BCUT2D eigenvalue weighted by atomic mass is 9.89. The molecule has 6 nitrogen and oxygen atoms in total. The van der Waals surface area contributed by atoms with Gasteiger partial charge in [0, 0.05) is 37.7 Å². The van der Waals surface area contributed by atoms with E-state index in [1.54, 1.807) is 0 Å². The van der Waals surface area contributed by atoms with Gasteiger partial charge >= 0.3 is 6.18 Å². The van der Waals surface area contributed by atoms with Crippen molar-refractivity contribution in [2.45, 2.75) is 19.0 Å². The molecule has 1 fully saturated rings. The highest BCUT2D eigenvalue weighted by Crippen LogP contribution is 2.30. The van der Waals surface area contributed by atoms with Crippen LogP contribution >= 0.6 is 0 Å². The normalized spacial score (nSPS) is 17.4. The van der Waals surface area contributed by atoms with E-state index in [1.807, 2.05) is 0 Å². The van der Waals surface area contributed by atoms with E-state index in [2.05, 4.69) is 5.10 Å². The van der Waals surface area contributed by atoms with Crippen LogP contribution in [0.3, 0.4) is 0 Å². The van der Waals surface area contributed by atoms with Crippen molar-refractivity contribution in [3.8, 4) is 0 Å². The lowest BCUT2D eigenvalue weighted by Gasteiger charge is -2.32. The molecule has 2 heterocycles. The van der Waals surface area contributed by atoms with Gasteiger partial charge in [0.15, 0.2) is 5.78 Å². The van der Waals surface area contributed by atoms with E-state index >= 15 is 0 Å². The Kier molecular flexibility index (Phi) is 5.35. The zero-order chi connectivity index (χ0) is 20.5. The van der Waals surface area contributed by atoms with Gasteiger partial charge in [0.1, 0.15) is 5.69 Å². The lowest BCUT2D eigenvalue weighted by Crippen LogP contribution is -2.43. The molecule has 148 valence electrons.